The van der Waals surface area contributed by atoms with E-state index in [4.69, 9.17) is 4.42 Å². The van der Waals surface area contributed by atoms with E-state index in [1.165, 1.54) is 29.2 Å². The number of imide groups is 2. The fourth-order valence-corrected chi connectivity index (χ4v) is 5.73. The number of anilines is 2. The van der Waals surface area contributed by atoms with E-state index in [1.807, 2.05) is 52.0 Å². The Balaban J connectivity index is 1.36. The van der Waals surface area contributed by atoms with Crippen LogP contribution >= 0.6 is 0 Å². The number of aromatic nitrogens is 2. The highest BCUT2D eigenvalue weighted by Gasteiger charge is 2.43. The predicted octanol–water partition coefficient (Wildman–Crippen LogP) is 6.10. The molecule has 0 N–H and O–H groups in total. The molecule has 4 aromatic carbocycles. The van der Waals surface area contributed by atoms with Crippen molar-refractivity contribution < 1.29 is 23.6 Å². The van der Waals surface area contributed by atoms with Crippen LogP contribution in [0.2, 0.25) is 0 Å². The van der Waals surface area contributed by atoms with Gasteiger partial charge in [0.15, 0.2) is 0 Å². The van der Waals surface area contributed by atoms with Crippen LogP contribution < -0.4 is 9.80 Å². The van der Waals surface area contributed by atoms with Crippen LogP contribution in [0.5, 0.6) is 0 Å². The van der Waals surface area contributed by atoms with Crippen molar-refractivity contribution >= 4 is 46.1 Å². The molecule has 42 heavy (non-hydrogen) atoms. The molecule has 0 radical (unpaired) electrons. The van der Waals surface area contributed by atoms with Gasteiger partial charge >= 0.3 is 6.01 Å². The first-order valence-corrected chi connectivity index (χ1v) is 13.4. The minimum absolute atomic E-state index is 0.157. The Morgan fingerprint density at radius 2 is 1.17 bits per heavy atom. The summed E-state index contributed by atoms with van der Waals surface area (Å²) in [7, 11) is 0. The average Bonchev–Trinajstić information content (AvgIpc) is 3.44. The number of nitrogens with zero attached hydrogens (tertiary/aromatic N) is 4. The van der Waals surface area contributed by atoms with E-state index >= 15 is 0 Å². The number of carbonyl (C=O) groups is 4. The molecule has 4 amide bonds. The van der Waals surface area contributed by atoms with Crippen molar-refractivity contribution in [2.45, 2.75) is 33.1 Å². The van der Waals surface area contributed by atoms with E-state index in [2.05, 4.69) is 10.2 Å². The van der Waals surface area contributed by atoms with Crippen LogP contribution in [0, 0.1) is 6.92 Å². The van der Waals surface area contributed by atoms with Crippen LogP contribution in [0.25, 0.3) is 22.2 Å². The smallest absolute Gasteiger partial charge is 0.332 e. The molecule has 0 unspecified atom stereocenters. The van der Waals surface area contributed by atoms with Crippen molar-refractivity contribution in [3.05, 3.63) is 106 Å². The molecule has 7 rings (SSSR count). The Morgan fingerprint density at radius 3 is 1.69 bits per heavy atom. The molecule has 2 aliphatic rings. The van der Waals surface area contributed by atoms with Crippen molar-refractivity contribution in [1.82, 2.24) is 10.2 Å². The van der Waals surface area contributed by atoms with Crippen LogP contribution in [-0.4, -0.2) is 33.8 Å². The normalized spacial score (nSPS) is 14.8. The molecule has 9 nitrogen and oxygen atoms in total. The van der Waals surface area contributed by atoms with Crippen molar-refractivity contribution in [3.8, 4) is 11.5 Å². The van der Waals surface area contributed by atoms with E-state index in [0.29, 0.717) is 11.3 Å². The third-order valence-electron chi connectivity index (χ3n) is 7.72. The average molecular weight is 557 g/mol. The first-order valence-electron chi connectivity index (χ1n) is 13.4. The van der Waals surface area contributed by atoms with E-state index in [1.54, 1.807) is 24.3 Å². The summed E-state index contributed by atoms with van der Waals surface area (Å²) >= 11 is 0. The molecular formula is C33H24N4O5. The molecule has 3 heterocycles. The summed E-state index contributed by atoms with van der Waals surface area (Å²) < 4.78 is 5.73. The first-order chi connectivity index (χ1) is 20.1. The molecule has 5 aromatic rings. The first kappa shape index (κ1) is 25.5. The zero-order valence-electron chi connectivity index (χ0n) is 23.3. The maximum atomic E-state index is 14.0. The Labute approximate surface area is 240 Å². The minimum Gasteiger partial charge on any atom is -0.403 e. The highest BCUT2D eigenvalue weighted by molar-refractivity contribution is 6.42. The van der Waals surface area contributed by atoms with Gasteiger partial charge in [-0.05, 0) is 65.9 Å². The molecule has 0 fully saturated rings. The highest BCUT2D eigenvalue weighted by atomic mass is 16.4. The van der Waals surface area contributed by atoms with Gasteiger partial charge in [0, 0.05) is 38.6 Å². The second kappa shape index (κ2) is 8.78. The Morgan fingerprint density at radius 1 is 0.643 bits per heavy atom. The predicted molar refractivity (Wildman–Crippen MR) is 156 cm³/mol. The van der Waals surface area contributed by atoms with Crippen LogP contribution in [0.4, 0.5) is 11.7 Å². The largest absolute Gasteiger partial charge is 0.403 e. The van der Waals surface area contributed by atoms with Crippen LogP contribution in [0.3, 0.4) is 0 Å². The Bertz CT molecular complexity index is 1950. The van der Waals surface area contributed by atoms with E-state index in [9.17, 15) is 19.2 Å². The van der Waals surface area contributed by atoms with Gasteiger partial charge in [-0.3, -0.25) is 19.2 Å². The van der Waals surface area contributed by atoms with Crippen molar-refractivity contribution in [3.63, 3.8) is 0 Å². The molecular weight excluding hydrogens is 532 g/mol. The van der Waals surface area contributed by atoms with Gasteiger partial charge in [0.05, 0.1) is 5.69 Å². The lowest BCUT2D eigenvalue weighted by molar-refractivity contribution is 0.0868. The zero-order chi connectivity index (χ0) is 29.5. The van der Waals surface area contributed by atoms with E-state index in [0.717, 1.165) is 16.0 Å². The fourth-order valence-electron chi connectivity index (χ4n) is 5.73. The summed E-state index contributed by atoms with van der Waals surface area (Å²) in [5.74, 6) is -2.24. The standard InChI is InChI=1S/C33H24N4O5/c1-17-10-15-23(33(2,3)4)24(16-17)36-28(38)19-11-13-21-26-22(14-12-20(25(19)26)29(36)39)31(41)37(30(21)40)32-35-34-27(42-32)18-8-6-5-7-9-18/h5-16H,1-4H3. The Kier molecular flexibility index (Phi) is 5.33. The summed E-state index contributed by atoms with van der Waals surface area (Å²) in [6.45, 7) is 7.97. The summed E-state index contributed by atoms with van der Waals surface area (Å²) in [4.78, 5) is 57.5. The second-order valence-electron chi connectivity index (χ2n) is 11.5. The molecule has 0 aliphatic carbocycles. The van der Waals surface area contributed by atoms with Crippen LogP contribution in [-0.2, 0) is 5.41 Å². The molecule has 0 saturated heterocycles. The van der Waals surface area contributed by atoms with Gasteiger partial charge in [-0.1, -0.05) is 56.2 Å². The van der Waals surface area contributed by atoms with Crippen LogP contribution in [0.1, 0.15) is 73.3 Å². The maximum absolute atomic E-state index is 14.0. The van der Waals surface area contributed by atoms with Crippen molar-refractivity contribution in [2.24, 2.45) is 0 Å². The van der Waals surface area contributed by atoms with E-state index in [-0.39, 0.29) is 50.3 Å². The third kappa shape index (κ3) is 3.56. The number of hydrogen-bond donors (Lipinski definition) is 0. The van der Waals surface area contributed by atoms with Gasteiger partial charge in [-0.2, -0.15) is 4.90 Å². The van der Waals surface area contributed by atoms with Gasteiger partial charge in [-0.15, -0.1) is 5.10 Å². The lowest BCUT2D eigenvalue weighted by Gasteiger charge is -2.33. The highest BCUT2D eigenvalue weighted by Crippen LogP contribution is 2.42. The molecule has 206 valence electrons. The van der Waals surface area contributed by atoms with Crippen molar-refractivity contribution in [1.29, 1.82) is 0 Å². The van der Waals surface area contributed by atoms with Crippen LogP contribution in [0.15, 0.2) is 77.2 Å². The maximum Gasteiger partial charge on any atom is 0.332 e. The van der Waals surface area contributed by atoms with Gasteiger partial charge in [0.25, 0.3) is 23.6 Å². The lowest BCUT2D eigenvalue weighted by Crippen LogP contribution is -2.44. The number of rotatable bonds is 3. The number of aryl methyl sites for hydroxylation is 1. The molecule has 0 spiro atoms. The molecule has 0 atom stereocenters. The van der Waals surface area contributed by atoms with E-state index < -0.39 is 23.6 Å². The molecule has 0 saturated carbocycles. The minimum atomic E-state index is -0.685. The summed E-state index contributed by atoms with van der Waals surface area (Å²) in [6.07, 6.45) is 0. The number of benzene rings is 4. The number of carbonyl (C=O) groups excluding carboxylic acids is 4. The number of amides is 4. The molecule has 1 aromatic heterocycles. The van der Waals surface area contributed by atoms with Gasteiger partial charge in [0.2, 0.25) is 5.89 Å². The summed E-state index contributed by atoms with van der Waals surface area (Å²) in [6, 6.07) is 20.5. The second-order valence-corrected chi connectivity index (χ2v) is 11.5. The van der Waals surface area contributed by atoms with Gasteiger partial charge < -0.3 is 4.42 Å². The zero-order valence-corrected chi connectivity index (χ0v) is 23.3. The Hall–Kier alpha value is -5.44. The summed E-state index contributed by atoms with van der Waals surface area (Å²) in [5.41, 5.74) is 3.35. The fraction of sp³-hybridized carbons (Fsp3) is 0.152. The lowest BCUT2D eigenvalue weighted by atomic mass is 9.83. The van der Waals surface area contributed by atoms with Gasteiger partial charge in [0.1, 0.15) is 0 Å². The quantitative estimate of drug-likeness (QED) is 0.247. The molecule has 9 heteroatoms. The monoisotopic (exact) mass is 556 g/mol. The molecule has 0 bridgehead atoms. The molecule has 2 aliphatic heterocycles. The van der Waals surface area contributed by atoms with Crippen molar-refractivity contribution in [2.75, 3.05) is 9.80 Å². The summed E-state index contributed by atoms with van der Waals surface area (Å²) in [5, 5.41) is 8.54. The third-order valence-corrected chi connectivity index (χ3v) is 7.72. The topological polar surface area (TPSA) is 114 Å². The van der Waals surface area contributed by atoms with Gasteiger partial charge in [-0.25, -0.2) is 4.90 Å². The number of hydrogen-bond acceptors (Lipinski definition) is 7. The SMILES string of the molecule is Cc1ccc(C(C)(C)C)c(N2C(=O)c3ccc4c5c(ccc(c35)C2=O)C(=O)N(c2nnc(-c3ccccc3)o2)C4=O)c1.